The first-order chi connectivity index (χ1) is 3.63. The van der Waals surface area contributed by atoms with Gasteiger partial charge in [0.05, 0.1) is 6.10 Å². The maximum Gasteiger partial charge on any atom is 0.129 e. The van der Waals surface area contributed by atoms with Crippen LogP contribution in [0.2, 0.25) is 0 Å². The van der Waals surface area contributed by atoms with Gasteiger partial charge in [0.1, 0.15) is 5.78 Å². The molecule has 0 aliphatic carbocycles. The number of rotatable bonds is 3. The van der Waals surface area contributed by atoms with Crippen molar-refractivity contribution in [2.24, 2.45) is 0 Å². The Bertz CT molecular complexity index is 78.4. The second kappa shape index (κ2) is 5.72. The molecule has 0 heterocycles. The minimum absolute atomic E-state index is 0. The second-order valence-corrected chi connectivity index (χ2v) is 2.09. The van der Waals surface area contributed by atoms with Crippen molar-refractivity contribution >= 4 is 5.78 Å². The van der Waals surface area contributed by atoms with Crippen molar-refractivity contribution < 1.29 is 15.4 Å². The van der Waals surface area contributed by atoms with Crippen LogP contribution in [-0.4, -0.2) is 22.5 Å². The molecule has 0 saturated heterocycles. The van der Waals surface area contributed by atoms with E-state index in [1.807, 2.05) is 0 Å². The van der Waals surface area contributed by atoms with E-state index >= 15 is 0 Å². The third-order valence-electron chi connectivity index (χ3n) is 0.914. The van der Waals surface area contributed by atoms with E-state index in [4.69, 9.17) is 5.11 Å². The maximum atomic E-state index is 10.2. The molecular weight excluding hydrogens is 120 g/mol. The molecule has 3 N–H and O–H groups in total. The van der Waals surface area contributed by atoms with Gasteiger partial charge in [0.2, 0.25) is 0 Å². The average molecular weight is 134 g/mol. The zero-order valence-electron chi connectivity index (χ0n) is 5.85. The zero-order valence-corrected chi connectivity index (χ0v) is 5.85. The molecule has 9 heavy (non-hydrogen) atoms. The van der Waals surface area contributed by atoms with Gasteiger partial charge in [-0.25, -0.2) is 0 Å². The summed E-state index contributed by atoms with van der Waals surface area (Å²) in [6.45, 7) is 3.21. The summed E-state index contributed by atoms with van der Waals surface area (Å²) in [6.07, 6.45) is 0.756. The Balaban J connectivity index is 0. The van der Waals surface area contributed by atoms with Gasteiger partial charge < -0.3 is 15.4 Å². The van der Waals surface area contributed by atoms with E-state index in [0.717, 1.165) is 0 Å². The van der Waals surface area contributed by atoms with E-state index < -0.39 is 0 Å². The first-order valence-electron chi connectivity index (χ1n) is 2.80. The molecule has 1 atom stereocenters. The summed E-state index contributed by atoms with van der Waals surface area (Å²) in [4.78, 5) is 10.2. The lowest BCUT2D eigenvalue weighted by Crippen LogP contribution is -2.01. The lowest BCUT2D eigenvalue weighted by molar-refractivity contribution is -0.117. The van der Waals surface area contributed by atoms with Gasteiger partial charge in [-0.3, -0.25) is 0 Å². The fourth-order valence-corrected chi connectivity index (χ4v) is 0.412. The summed E-state index contributed by atoms with van der Waals surface area (Å²) >= 11 is 0. The quantitative estimate of drug-likeness (QED) is 0.586. The highest BCUT2D eigenvalue weighted by atomic mass is 16.3. The SMILES string of the molecule is CC(=O)CCC(C)O.O. The number of carbonyl (C=O) groups is 1. The Hall–Kier alpha value is -0.410. The highest BCUT2D eigenvalue weighted by molar-refractivity contribution is 5.75. The molecule has 0 amide bonds. The molecule has 0 spiro atoms. The third kappa shape index (κ3) is 11.3. The number of aliphatic hydroxyl groups is 1. The van der Waals surface area contributed by atoms with Gasteiger partial charge in [-0.15, -0.1) is 0 Å². The van der Waals surface area contributed by atoms with E-state index in [9.17, 15) is 4.79 Å². The third-order valence-corrected chi connectivity index (χ3v) is 0.914. The summed E-state index contributed by atoms with van der Waals surface area (Å²) in [5.41, 5.74) is 0. The van der Waals surface area contributed by atoms with Crippen molar-refractivity contribution in [2.45, 2.75) is 32.8 Å². The van der Waals surface area contributed by atoms with Crippen LogP contribution in [0.5, 0.6) is 0 Å². The molecule has 0 rings (SSSR count). The van der Waals surface area contributed by atoms with Crippen molar-refractivity contribution in [3.63, 3.8) is 0 Å². The zero-order chi connectivity index (χ0) is 6.57. The van der Waals surface area contributed by atoms with Gasteiger partial charge in [0, 0.05) is 6.42 Å². The molecule has 0 fully saturated rings. The molecule has 3 heteroatoms. The van der Waals surface area contributed by atoms with Crippen LogP contribution in [0.15, 0.2) is 0 Å². The molecule has 0 bridgehead atoms. The van der Waals surface area contributed by atoms with Crippen LogP contribution in [0, 0.1) is 0 Å². The van der Waals surface area contributed by atoms with E-state index in [2.05, 4.69) is 0 Å². The van der Waals surface area contributed by atoms with Gasteiger partial charge in [-0.2, -0.15) is 0 Å². The first-order valence-corrected chi connectivity index (χ1v) is 2.80. The van der Waals surface area contributed by atoms with Gasteiger partial charge in [-0.05, 0) is 20.3 Å². The van der Waals surface area contributed by atoms with Crippen molar-refractivity contribution in [3.05, 3.63) is 0 Å². The first kappa shape index (κ1) is 11.4. The summed E-state index contributed by atoms with van der Waals surface area (Å²) < 4.78 is 0. The van der Waals surface area contributed by atoms with E-state index in [0.29, 0.717) is 12.8 Å². The minimum Gasteiger partial charge on any atom is -0.412 e. The van der Waals surface area contributed by atoms with Gasteiger partial charge in [-0.1, -0.05) is 0 Å². The Morgan fingerprint density at radius 3 is 2.22 bits per heavy atom. The topological polar surface area (TPSA) is 68.8 Å². The van der Waals surface area contributed by atoms with Gasteiger partial charge >= 0.3 is 0 Å². The fraction of sp³-hybridized carbons (Fsp3) is 0.833. The maximum absolute atomic E-state index is 10.2. The summed E-state index contributed by atoms with van der Waals surface area (Å²) in [6, 6.07) is 0. The number of aliphatic hydroxyl groups excluding tert-OH is 1. The number of hydrogen-bond acceptors (Lipinski definition) is 2. The molecule has 56 valence electrons. The standard InChI is InChI=1S/C6H12O2.H2O/c1-5(7)3-4-6(2)8;/h5,7H,3-4H2,1-2H3;1H2. The number of ketones is 1. The smallest absolute Gasteiger partial charge is 0.129 e. The number of carbonyl (C=O) groups excluding carboxylic acids is 1. The monoisotopic (exact) mass is 134 g/mol. The van der Waals surface area contributed by atoms with Crippen LogP contribution >= 0.6 is 0 Å². The van der Waals surface area contributed by atoms with Crippen LogP contribution in [0.3, 0.4) is 0 Å². The molecule has 0 aliphatic heterocycles. The van der Waals surface area contributed by atoms with Gasteiger partial charge in [0.15, 0.2) is 0 Å². The van der Waals surface area contributed by atoms with E-state index in [1.54, 1.807) is 6.92 Å². The highest BCUT2D eigenvalue weighted by Gasteiger charge is 1.96. The van der Waals surface area contributed by atoms with E-state index in [1.165, 1.54) is 6.92 Å². The molecule has 1 unspecified atom stereocenters. The van der Waals surface area contributed by atoms with E-state index in [-0.39, 0.29) is 17.4 Å². The predicted octanol–water partition coefficient (Wildman–Crippen LogP) is -0.0883. The fourth-order valence-electron chi connectivity index (χ4n) is 0.412. The molecule has 0 radical (unpaired) electrons. The van der Waals surface area contributed by atoms with Crippen molar-refractivity contribution in [1.29, 1.82) is 0 Å². The second-order valence-electron chi connectivity index (χ2n) is 2.09. The van der Waals surface area contributed by atoms with Crippen LogP contribution in [0.4, 0.5) is 0 Å². The van der Waals surface area contributed by atoms with Crippen molar-refractivity contribution in [3.8, 4) is 0 Å². The van der Waals surface area contributed by atoms with Crippen LogP contribution in [0.1, 0.15) is 26.7 Å². The number of Topliss-reactive ketones (excluding diaryl/α,β-unsaturated/α-hetero) is 1. The van der Waals surface area contributed by atoms with Crippen LogP contribution in [-0.2, 0) is 4.79 Å². The Kier molecular flexibility index (Phi) is 7.24. The van der Waals surface area contributed by atoms with Crippen LogP contribution in [0.25, 0.3) is 0 Å². The Morgan fingerprint density at radius 2 is 2.11 bits per heavy atom. The molecule has 0 aromatic rings. The minimum atomic E-state index is -0.334. The Morgan fingerprint density at radius 1 is 1.67 bits per heavy atom. The average Bonchev–Trinajstić information content (AvgIpc) is 1.61. The predicted molar refractivity (Wildman–Crippen MR) is 35.2 cm³/mol. The molecule has 0 aromatic heterocycles. The normalized spacial score (nSPS) is 11.9. The summed E-state index contributed by atoms with van der Waals surface area (Å²) in [7, 11) is 0. The lowest BCUT2D eigenvalue weighted by Gasteiger charge is -1.98. The molecule has 0 aromatic carbocycles. The Labute approximate surface area is 55.0 Å². The summed E-state index contributed by atoms with van der Waals surface area (Å²) in [5, 5.41) is 8.65. The van der Waals surface area contributed by atoms with Crippen molar-refractivity contribution in [1.82, 2.24) is 0 Å². The molecular formula is C6H14O3. The largest absolute Gasteiger partial charge is 0.412 e. The van der Waals surface area contributed by atoms with Gasteiger partial charge in [0.25, 0.3) is 0 Å². The molecule has 0 aliphatic rings. The highest BCUT2D eigenvalue weighted by Crippen LogP contribution is 1.94. The summed E-state index contributed by atoms with van der Waals surface area (Å²) in [5.74, 6) is 0.144. The molecule has 0 saturated carbocycles. The van der Waals surface area contributed by atoms with Crippen LogP contribution < -0.4 is 0 Å². The lowest BCUT2D eigenvalue weighted by atomic mass is 10.2. The van der Waals surface area contributed by atoms with Crippen molar-refractivity contribution in [2.75, 3.05) is 0 Å². The molecule has 3 nitrogen and oxygen atoms in total. The number of hydrogen-bond donors (Lipinski definition) is 1.